The zero-order valence-corrected chi connectivity index (χ0v) is 19.3. The fourth-order valence-electron chi connectivity index (χ4n) is 3.57. The number of hydrogen-bond acceptors (Lipinski definition) is 5. The number of Topliss-reactive ketones (excluding diaryl/α,β-unsaturated/α-hetero) is 1. The van der Waals surface area contributed by atoms with Crippen molar-refractivity contribution in [3.8, 4) is 0 Å². The van der Waals surface area contributed by atoms with Gasteiger partial charge < -0.3 is 4.74 Å². The van der Waals surface area contributed by atoms with Crippen molar-refractivity contribution in [3.05, 3.63) is 71.3 Å². The molecule has 6 nitrogen and oxygen atoms in total. The lowest BCUT2D eigenvalue weighted by Gasteiger charge is -2.19. The van der Waals surface area contributed by atoms with Crippen molar-refractivity contribution in [2.24, 2.45) is 0 Å². The molecule has 0 aromatic heterocycles. The number of benzene rings is 2. The molecule has 170 valence electrons. The van der Waals surface area contributed by atoms with Gasteiger partial charge in [-0.15, -0.1) is 0 Å². The first-order valence-corrected chi connectivity index (χ1v) is 12.3. The van der Waals surface area contributed by atoms with Crippen LogP contribution >= 0.6 is 0 Å². The third-order valence-electron chi connectivity index (χ3n) is 5.49. The first-order valence-electron chi connectivity index (χ1n) is 10.9. The number of aryl methyl sites for hydroxylation is 1. The lowest BCUT2D eigenvalue weighted by molar-refractivity contribution is -0.140. The van der Waals surface area contributed by atoms with E-state index in [9.17, 15) is 18.0 Å². The topological polar surface area (TPSA) is 80.8 Å². The van der Waals surface area contributed by atoms with Crippen molar-refractivity contribution in [3.63, 3.8) is 0 Å². The first kappa shape index (κ1) is 23.9. The number of carbonyl (C=O) groups is 2. The predicted molar refractivity (Wildman–Crippen MR) is 124 cm³/mol. The second kappa shape index (κ2) is 10.7. The quantitative estimate of drug-likeness (QED) is 0.351. The summed E-state index contributed by atoms with van der Waals surface area (Å²) in [7, 11) is -3.51. The van der Waals surface area contributed by atoms with Crippen molar-refractivity contribution in [1.82, 2.24) is 4.31 Å². The van der Waals surface area contributed by atoms with Crippen molar-refractivity contribution in [1.29, 1.82) is 0 Å². The van der Waals surface area contributed by atoms with Crippen LogP contribution in [-0.2, 0) is 19.6 Å². The minimum absolute atomic E-state index is 0.247. The van der Waals surface area contributed by atoms with E-state index in [0.29, 0.717) is 24.2 Å². The molecule has 0 saturated carbocycles. The molecular weight excluding hydrogens is 426 g/mol. The maximum absolute atomic E-state index is 12.8. The van der Waals surface area contributed by atoms with Gasteiger partial charge in [-0.05, 0) is 50.5 Å². The van der Waals surface area contributed by atoms with E-state index in [2.05, 4.69) is 0 Å². The van der Waals surface area contributed by atoms with E-state index < -0.39 is 22.1 Å². The average Bonchev–Trinajstić information content (AvgIpc) is 3.08. The molecule has 1 aliphatic rings. The summed E-state index contributed by atoms with van der Waals surface area (Å²) in [5, 5.41) is 0. The van der Waals surface area contributed by atoms with Crippen LogP contribution in [0.3, 0.4) is 0 Å². The Hall–Kier alpha value is -2.77. The number of hydrogen-bond donors (Lipinski definition) is 0. The highest BCUT2D eigenvalue weighted by Gasteiger charge is 2.24. The SMILES string of the molecule is Cc1ccc(C(=O)C(C)OC(=O)/C=C/c2ccc(S(=O)(=O)N3CCCCCC3)cc2)cc1. The van der Waals surface area contributed by atoms with Gasteiger partial charge in [-0.1, -0.05) is 54.8 Å². The summed E-state index contributed by atoms with van der Waals surface area (Å²) < 4.78 is 32.4. The second-order valence-corrected chi connectivity index (χ2v) is 9.97. The normalized spacial score (nSPS) is 16.4. The van der Waals surface area contributed by atoms with Gasteiger partial charge in [-0.3, -0.25) is 4.79 Å². The highest BCUT2D eigenvalue weighted by Crippen LogP contribution is 2.21. The van der Waals surface area contributed by atoms with Crippen LogP contribution in [0.25, 0.3) is 6.08 Å². The van der Waals surface area contributed by atoms with Gasteiger partial charge in [0.15, 0.2) is 6.10 Å². The summed E-state index contributed by atoms with van der Waals surface area (Å²) in [4.78, 5) is 24.8. The van der Waals surface area contributed by atoms with E-state index in [4.69, 9.17) is 4.74 Å². The van der Waals surface area contributed by atoms with Gasteiger partial charge >= 0.3 is 5.97 Å². The summed E-state index contributed by atoms with van der Waals surface area (Å²) in [6.07, 6.45) is 5.74. The van der Waals surface area contributed by atoms with E-state index in [1.54, 1.807) is 40.7 Å². The van der Waals surface area contributed by atoms with E-state index >= 15 is 0 Å². The van der Waals surface area contributed by atoms with E-state index in [1.165, 1.54) is 19.1 Å². The summed E-state index contributed by atoms with van der Waals surface area (Å²) >= 11 is 0. The smallest absolute Gasteiger partial charge is 0.331 e. The summed E-state index contributed by atoms with van der Waals surface area (Å²) in [6.45, 7) is 4.57. The third-order valence-corrected chi connectivity index (χ3v) is 7.41. The molecule has 32 heavy (non-hydrogen) atoms. The van der Waals surface area contributed by atoms with E-state index in [1.807, 2.05) is 19.1 Å². The largest absolute Gasteiger partial charge is 0.451 e. The van der Waals surface area contributed by atoms with Gasteiger partial charge in [0.25, 0.3) is 0 Å². The molecule has 1 unspecified atom stereocenters. The van der Waals surface area contributed by atoms with Crippen LogP contribution in [0.5, 0.6) is 0 Å². The highest BCUT2D eigenvalue weighted by atomic mass is 32.2. The summed E-state index contributed by atoms with van der Waals surface area (Å²) in [5.74, 6) is -0.908. The van der Waals surface area contributed by atoms with Gasteiger partial charge in [0.05, 0.1) is 4.90 Å². The van der Waals surface area contributed by atoms with Crippen LogP contribution in [0.4, 0.5) is 0 Å². The van der Waals surface area contributed by atoms with Gasteiger partial charge in [-0.25, -0.2) is 13.2 Å². The number of ketones is 1. The van der Waals surface area contributed by atoms with Gasteiger partial charge in [0.1, 0.15) is 0 Å². The molecule has 2 aromatic rings. The zero-order chi connectivity index (χ0) is 23.1. The number of rotatable bonds is 7. The van der Waals surface area contributed by atoms with Crippen LogP contribution in [0.2, 0.25) is 0 Å². The van der Waals surface area contributed by atoms with Crippen LogP contribution in [0.15, 0.2) is 59.5 Å². The molecule has 1 saturated heterocycles. The molecule has 0 bridgehead atoms. The minimum atomic E-state index is -3.51. The van der Waals surface area contributed by atoms with E-state index in [0.717, 1.165) is 31.2 Å². The molecule has 3 rings (SSSR count). The summed E-state index contributed by atoms with van der Waals surface area (Å²) in [5.41, 5.74) is 2.19. The minimum Gasteiger partial charge on any atom is -0.451 e. The molecule has 0 spiro atoms. The van der Waals surface area contributed by atoms with Gasteiger partial charge in [0.2, 0.25) is 15.8 Å². The monoisotopic (exact) mass is 455 g/mol. The lowest BCUT2D eigenvalue weighted by Crippen LogP contribution is -2.31. The highest BCUT2D eigenvalue weighted by molar-refractivity contribution is 7.89. The van der Waals surface area contributed by atoms with Crippen LogP contribution in [0.1, 0.15) is 54.1 Å². The Bertz CT molecular complexity index is 1060. The maximum atomic E-state index is 12.8. The fraction of sp³-hybridized carbons (Fsp3) is 0.360. The molecule has 1 atom stereocenters. The second-order valence-electron chi connectivity index (χ2n) is 8.03. The van der Waals surface area contributed by atoms with Crippen LogP contribution in [0, 0.1) is 6.92 Å². The molecule has 0 radical (unpaired) electrons. The van der Waals surface area contributed by atoms with Gasteiger partial charge in [0, 0.05) is 24.7 Å². The molecule has 7 heteroatoms. The Morgan fingerprint density at radius 3 is 2.12 bits per heavy atom. The van der Waals surface area contributed by atoms with Crippen molar-refractivity contribution < 1.29 is 22.7 Å². The van der Waals surface area contributed by atoms with Crippen LogP contribution < -0.4 is 0 Å². The molecule has 0 amide bonds. The Labute approximate surface area is 189 Å². The van der Waals surface area contributed by atoms with Crippen molar-refractivity contribution in [2.45, 2.75) is 50.5 Å². The third kappa shape index (κ3) is 6.14. The number of nitrogens with zero attached hydrogens (tertiary/aromatic N) is 1. The molecule has 0 N–H and O–H groups in total. The standard InChI is InChI=1S/C25H29NO5S/c1-19-7-12-22(13-8-19)25(28)20(2)31-24(27)16-11-21-9-14-23(15-10-21)32(29,30)26-17-5-3-4-6-18-26/h7-16,20H,3-6,17-18H2,1-2H3/b16-11+. The molecule has 1 heterocycles. The maximum Gasteiger partial charge on any atom is 0.331 e. The molecule has 1 fully saturated rings. The molecule has 2 aromatic carbocycles. The lowest BCUT2D eigenvalue weighted by atomic mass is 10.1. The van der Waals surface area contributed by atoms with E-state index in [-0.39, 0.29) is 10.7 Å². The molecule has 0 aliphatic carbocycles. The molecular formula is C25H29NO5S. The number of ether oxygens (including phenoxy) is 1. The molecule has 1 aliphatic heterocycles. The summed E-state index contributed by atoms with van der Waals surface area (Å²) in [6, 6.07) is 13.5. The Morgan fingerprint density at radius 2 is 1.53 bits per heavy atom. The van der Waals surface area contributed by atoms with Crippen molar-refractivity contribution in [2.75, 3.05) is 13.1 Å². The Kier molecular flexibility index (Phi) is 7.99. The van der Waals surface area contributed by atoms with Gasteiger partial charge in [-0.2, -0.15) is 4.31 Å². The fourth-order valence-corrected chi connectivity index (χ4v) is 5.08. The first-order chi connectivity index (χ1) is 15.3. The number of sulfonamides is 1. The number of esters is 1. The Morgan fingerprint density at radius 1 is 0.938 bits per heavy atom. The van der Waals surface area contributed by atoms with Crippen LogP contribution in [-0.4, -0.2) is 43.7 Å². The average molecular weight is 456 g/mol. The zero-order valence-electron chi connectivity index (χ0n) is 18.5. The predicted octanol–water partition coefficient (Wildman–Crippen LogP) is 4.39. The Balaban J connectivity index is 1.59. The van der Waals surface area contributed by atoms with Crippen molar-refractivity contribution >= 4 is 27.9 Å². The number of carbonyl (C=O) groups excluding carboxylic acids is 2.